The van der Waals surface area contributed by atoms with Crippen molar-refractivity contribution in [2.45, 2.75) is 32.7 Å². The normalized spacial score (nSPS) is 12.5. The second kappa shape index (κ2) is 6.18. The Morgan fingerprint density at radius 3 is 2.71 bits per heavy atom. The highest BCUT2D eigenvalue weighted by atomic mass is 32.1. The second-order valence-corrected chi connectivity index (χ2v) is 5.94. The number of rotatable bonds is 5. The van der Waals surface area contributed by atoms with Gasteiger partial charge in [-0.3, -0.25) is 0 Å². The van der Waals surface area contributed by atoms with Crippen LogP contribution in [0.5, 0.6) is 0 Å². The van der Waals surface area contributed by atoms with Crippen LogP contribution in [0, 0.1) is 6.92 Å². The average Bonchev–Trinajstić information content (AvgIpc) is 3.12. The van der Waals surface area contributed by atoms with E-state index in [1.165, 1.54) is 10.4 Å². The Labute approximate surface area is 128 Å². The molecular formula is C16H18N4S. The first kappa shape index (κ1) is 13.9. The number of hydrogen-bond donors (Lipinski definition) is 0. The Balaban J connectivity index is 2.06. The summed E-state index contributed by atoms with van der Waals surface area (Å²) in [5.41, 5.74) is 5.20. The van der Waals surface area contributed by atoms with Gasteiger partial charge in [-0.15, -0.1) is 16.4 Å². The van der Waals surface area contributed by atoms with Crippen LogP contribution < -0.4 is 0 Å². The maximum absolute atomic E-state index is 4.39. The van der Waals surface area contributed by atoms with E-state index in [-0.39, 0.29) is 6.04 Å². The van der Waals surface area contributed by atoms with Gasteiger partial charge < -0.3 is 0 Å². The van der Waals surface area contributed by atoms with Gasteiger partial charge in [-0.05, 0) is 18.9 Å². The molecular weight excluding hydrogens is 280 g/mol. The summed E-state index contributed by atoms with van der Waals surface area (Å²) < 4.78 is 1.96. The molecule has 1 aromatic carbocycles. The number of benzene rings is 1. The molecule has 21 heavy (non-hydrogen) atoms. The molecule has 3 rings (SSSR count). The maximum Gasteiger partial charge on any atom is 0.115 e. The lowest BCUT2D eigenvalue weighted by atomic mass is 10.0. The molecule has 0 saturated heterocycles. The number of aromatic nitrogens is 4. The zero-order chi connectivity index (χ0) is 14.7. The number of aryl methyl sites for hydroxylation is 2. The summed E-state index contributed by atoms with van der Waals surface area (Å²) in [4.78, 5) is 5.61. The highest BCUT2D eigenvalue weighted by molar-refractivity contribution is 7.09. The van der Waals surface area contributed by atoms with Gasteiger partial charge in [0.15, 0.2) is 0 Å². The van der Waals surface area contributed by atoms with E-state index < -0.39 is 0 Å². The van der Waals surface area contributed by atoms with Crippen LogP contribution in [0.3, 0.4) is 0 Å². The molecule has 0 bridgehead atoms. The lowest BCUT2D eigenvalue weighted by Gasteiger charge is -2.16. The van der Waals surface area contributed by atoms with Gasteiger partial charge in [0.1, 0.15) is 6.04 Å². The predicted octanol–water partition coefficient (Wildman–Crippen LogP) is 3.63. The van der Waals surface area contributed by atoms with Crippen molar-refractivity contribution in [3.05, 3.63) is 63.9 Å². The summed E-state index contributed by atoms with van der Waals surface area (Å²) in [6.07, 6.45) is 4.10. The predicted molar refractivity (Wildman–Crippen MR) is 84.6 cm³/mol. The molecule has 0 N–H and O–H groups in total. The molecule has 0 amide bonds. The summed E-state index contributed by atoms with van der Waals surface area (Å²) in [6.45, 7) is 4.20. The Kier molecular flexibility index (Phi) is 4.10. The fourth-order valence-electron chi connectivity index (χ4n) is 2.44. The van der Waals surface area contributed by atoms with Gasteiger partial charge in [0.2, 0.25) is 0 Å². The third kappa shape index (κ3) is 2.88. The largest absolute Gasteiger partial charge is 0.250 e. The molecule has 2 aromatic heterocycles. The van der Waals surface area contributed by atoms with Gasteiger partial charge in [-0.25, -0.2) is 9.67 Å². The van der Waals surface area contributed by atoms with Gasteiger partial charge in [-0.2, -0.15) is 0 Å². The van der Waals surface area contributed by atoms with E-state index in [0.29, 0.717) is 0 Å². The number of nitrogens with zero attached hydrogens (tertiary/aromatic N) is 4. The smallest absolute Gasteiger partial charge is 0.115 e. The molecule has 3 aromatic rings. The highest BCUT2D eigenvalue weighted by Gasteiger charge is 2.21. The first-order valence-corrected chi connectivity index (χ1v) is 8.03. The van der Waals surface area contributed by atoms with Gasteiger partial charge in [0.25, 0.3) is 0 Å². The van der Waals surface area contributed by atoms with E-state index >= 15 is 0 Å². The number of thiazole rings is 1. The van der Waals surface area contributed by atoms with E-state index in [9.17, 15) is 0 Å². The topological polar surface area (TPSA) is 43.6 Å². The molecule has 0 fully saturated rings. The van der Waals surface area contributed by atoms with Crippen molar-refractivity contribution in [1.29, 1.82) is 0 Å². The summed E-state index contributed by atoms with van der Waals surface area (Å²) in [5, 5.41) is 8.64. The van der Waals surface area contributed by atoms with E-state index in [2.05, 4.69) is 52.7 Å². The van der Waals surface area contributed by atoms with Crippen LogP contribution in [-0.4, -0.2) is 20.0 Å². The minimum Gasteiger partial charge on any atom is -0.250 e. The molecule has 0 radical (unpaired) electrons. The molecule has 4 nitrogen and oxygen atoms in total. The quantitative estimate of drug-likeness (QED) is 0.722. The monoisotopic (exact) mass is 298 g/mol. The van der Waals surface area contributed by atoms with Crippen LogP contribution in [0.15, 0.2) is 42.0 Å². The van der Waals surface area contributed by atoms with Gasteiger partial charge in [0, 0.05) is 6.20 Å². The SMILES string of the molecule is CCCc1cn(C(c2ccccc2)c2scnc2C)nn1. The van der Waals surface area contributed by atoms with Crippen molar-refractivity contribution in [1.82, 2.24) is 20.0 Å². The van der Waals surface area contributed by atoms with Gasteiger partial charge in [0.05, 0.1) is 21.8 Å². The van der Waals surface area contributed by atoms with Crippen LogP contribution >= 0.6 is 11.3 Å². The fraction of sp³-hybridized carbons (Fsp3) is 0.312. The lowest BCUT2D eigenvalue weighted by molar-refractivity contribution is 0.575. The Hall–Kier alpha value is -2.01. The molecule has 5 heteroatoms. The van der Waals surface area contributed by atoms with Crippen molar-refractivity contribution < 1.29 is 0 Å². The molecule has 0 spiro atoms. The van der Waals surface area contributed by atoms with Crippen LogP contribution in [0.2, 0.25) is 0 Å². The third-order valence-corrected chi connectivity index (χ3v) is 4.46. The van der Waals surface area contributed by atoms with E-state index in [4.69, 9.17) is 0 Å². The average molecular weight is 298 g/mol. The minimum atomic E-state index is 0.0526. The van der Waals surface area contributed by atoms with Crippen molar-refractivity contribution in [2.75, 3.05) is 0 Å². The van der Waals surface area contributed by atoms with Gasteiger partial charge in [-0.1, -0.05) is 48.9 Å². The molecule has 0 aliphatic heterocycles. The number of hydrogen-bond acceptors (Lipinski definition) is 4. The first-order valence-electron chi connectivity index (χ1n) is 7.15. The van der Waals surface area contributed by atoms with E-state index in [0.717, 1.165) is 24.2 Å². The first-order chi connectivity index (χ1) is 10.3. The highest BCUT2D eigenvalue weighted by Crippen LogP contribution is 2.31. The Bertz CT molecular complexity index is 702. The van der Waals surface area contributed by atoms with Gasteiger partial charge >= 0.3 is 0 Å². The van der Waals surface area contributed by atoms with Crippen molar-refractivity contribution >= 4 is 11.3 Å². The van der Waals surface area contributed by atoms with Crippen molar-refractivity contribution in [3.8, 4) is 0 Å². The summed E-state index contributed by atoms with van der Waals surface area (Å²) in [5.74, 6) is 0. The zero-order valence-electron chi connectivity index (χ0n) is 12.2. The standard InChI is InChI=1S/C16H18N4S/c1-3-7-14-10-20(19-18-14)15(13-8-5-4-6-9-13)16-12(2)17-11-21-16/h4-6,8-11,15H,3,7H2,1-2H3. The van der Waals surface area contributed by atoms with Crippen LogP contribution in [0.4, 0.5) is 0 Å². The molecule has 1 unspecified atom stereocenters. The van der Waals surface area contributed by atoms with Crippen molar-refractivity contribution in [3.63, 3.8) is 0 Å². The second-order valence-electron chi connectivity index (χ2n) is 5.06. The lowest BCUT2D eigenvalue weighted by Crippen LogP contribution is -2.13. The summed E-state index contributed by atoms with van der Waals surface area (Å²) in [6, 6.07) is 10.5. The zero-order valence-corrected chi connectivity index (χ0v) is 13.0. The maximum atomic E-state index is 4.39. The van der Waals surface area contributed by atoms with Crippen LogP contribution in [-0.2, 0) is 6.42 Å². The third-order valence-electron chi connectivity index (χ3n) is 3.47. The van der Waals surface area contributed by atoms with Crippen LogP contribution in [0.1, 0.15) is 41.2 Å². The van der Waals surface area contributed by atoms with E-state index in [1.54, 1.807) is 11.3 Å². The molecule has 108 valence electrons. The fourth-order valence-corrected chi connectivity index (χ4v) is 3.36. The van der Waals surface area contributed by atoms with Crippen molar-refractivity contribution in [2.24, 2.45) is 0 Å². The molecule has 0 saturated carbocycles. The summed E-state index contributed by atoms with van der Waals surface area (Å²) in [7, 11) is 0. The molecule has 2 heterocycles. The molecule has 0 aliphatic rings. The molecule has 1 atom stereocenters. The molecule has 0 aliphatic carbocycles. The minimum absolute atomic E-state index is 0.0526. The Morgan fingerprint density at radius 1 is 1.24 bits per heavy atom. The Morgan fingerprint density at radius 2 is 2.05 bits per heavy atom. The van der Waals surface area contributed by atoms with Crippen LogP contribution in [0.25, 0.3) is 0 Å². The summed E-state index contributed by atoms with van der Waals surface area (Å²) >= 11 is 1.67. The van der Waals surface area contributed by atoms with E-state index in [1.807, 2.05) is 23.2 Å².